The standard InChI is InChI=1S/C24H55N3O2Si/c1-10-25(5)20-14-17-24(18-15-21-26(6)11-2,19-16-22-27(7)12-3)23-30(13-4,28-8)29-9/h10-23H2,1-9H3. The minimum Gasteiger partial charge on any atom is -0.398 e. The molecule has 30 heavy (non-hydrogen) atoms. The maximum atomic E-state index is 6.12. The molecule has 0 aliphatic heterocycles. The van der Waals surface area contributed by atoms with Gasteiger partial charge in [0.15, 0.2) is 0 Å². The van der Waals surface area contributed by atoms with Gasteiger partial charge in [0.2, 0.25) is 0 Å². The van der Waals surface area contributed by atoms with Gasteiger partial charge in [-0.15, -0.1) is 0 Å². The van der Waals surface area contributed by atoms with E-state index in [0.717, 1.165) is 31.7 Å². The third-order valence-corrected chi connectivity index (χ3v) is 11.1. The summed E-state index contributed by atoms with van der Waals surface area (Å²) in [5.74, 6) is 0. The Hall–Kier alpha value is 0.0169. The Balaban J connectivity index is 5.52. The fraction of sp³-hybridized carbons (Fsp3) is 1.00. The van der Waals surface area contributed by atoms with Crippen molar-refractivity contribution >= 4 is 8.56 Å². The Morgan fingerprint density at radius 2 is 0.967 bits per heavy atom. The molecule has 6 heteroatoms. The van der Waals surface area contributed by atoms with E-state index in [4.69, 9.17) is 8.85 Å². The van der Waals surface area contributed by atoms with Crippen molar-refractivity contribution in [3.05, 3.63) is 0 Å². The van der Waals surface area contributed by atoms with Crippen molar-refractivity contribution in [2.75, 3.05) is 74.6 Å². The summed E-state index contributed by atoms with van der Waals surface area (Å²) >= 11 is 0. The van der Waals surface area contributed by atoms with E-state index >= 15 is 0 Å². The van der Waals surface area contributed by atoms with E-state index < -0.39 is 8.56 Å². The molecule has 0 amide bonds. The third kappa shape index (κ3) is 11.6. The molecule has 0 fully saturated rings. The Morgan fingerprint density at radius 3 is 1.20 bits per heavy atom. The lowest BCUT2D eigenvalue weighted by molar-refractivity contribution is 0.159. The molecule has 0 saturated carbocycles. The highest BCUT2D eigenvalue weighted by Gasteiger charge is 2.43. The summed E-state index contributed by atoms with van der Waals surface area (Å²) in [5, 5.41) is 0. The highest BCUT2D eigenvalue weighted by molar-refractivity contribution is 6.67. The third-order valence-electron chi connectivity index (χ3n) is 7.29. The van der Waals surface area contributed by atoms with Crippen LogP contribution in [-0.2, 0) is 8.85 Å². The molecule has 0 aromatic heterocycles. The first kappa shape index (κ1) is 30.0. The number of rotatable bonds is 20. The van der Waals surface area contributed by atoms with Gasteiger partial charge in [-0.2, -0.15) is 0 Å². The zero-order valence-electron chi connectivity index (χ0n) is 22.1. The second kappa shape index (κ2) is 16.6. The minimum atomic E-state index is -2.15. The fourth-order valence-electron chi connectivity index (χ4n) is 4.50. The minimum absolute atomic E-state index is 0.325. The van der Waals surface area contributed by atoms with Gasteiger partial charge in [-0.1, -0.05) is 27.7 Å². The molecule has 0 bridgehead atoms. The van der Waals surface area contributed by atoms with Crippen LogP contribution >= 0.6 is 0 Å². The van der Waals surface area contributed by atoms with Crippen LogP contribution in [0.5, 0.6) is 0 Å². The Labute approximate surface area is 190 Å². The lowest BCUT2D eigenvalue weighted by atomic mass is 9.76. The number of hydrogen-bond donors (Lipinski definition) is 0. The van der Waals surface area contributed by atoms with Gasteiger partial charge in [0.1, 0.15) is 0 Å². The second-order valence-corrected chi connectivity index (χ2v) is 13.0. The number of hydrogen-bond acceptors (Lipinski definition) is 5. The van der Waals surface area contributed by atoms with E-state index in [0.29, 0.717) is 5.41 Å². The van der Waals surface area contributed by atoms with Crippen LogP contribution in [0.15, 0.2) is 0 Å². The zero-order valence-corrected chi connectivity index (χ0v) is 23.1. The van der Waals surface area contributed by atoms with Gasteiger partial charge in [0.05, 0.1) is 0 Å². The molecule has 182 valence electrons. The summed E-state index contributed by atoms with van der Waals surface area (Å²) in [6, 6.07) is 2.16. The van der Waals surface area contributed by atoms with Crippen LogP contribution < -0.4 is 0 Å². The molecule has 0 aromatic carbocycles. The van der Waals surface area contributed by atoms with Crippen molar-refractivity contribution < 1.29 is 8.85 Å². The predicted molar refractivity (Wildman–Crippen MR) is 135 cm³/mol. The van der Waals surface area contributed by atoms with Crippen molar-refractivity contribution in [3.63, 3.8) is 0 Å². The largest absolute Gasteiger partial charge is 0.398 e. The lowest BCUT2D eigenvalue weighted by Crippen LogP contribution is -2.45. The van der Waals surface area contributed by atoms with Gasteiger partial charge >= 0.3 is 8.56 Å². The summed E-state index contributed by atoms with van der Waals surface area (Å²) < 4.78 is 12.2. The highest BCUT2D eigenvalue weighted by atomic mass is 28.4. The Morgan fingerprint density at radius 1 is 0.633 bits per heavy atom. The molecule has 0 radical (unpaired) electrons. The molecule has 0 rings (SSSR count). The van der Waals surface area contributed by atoms with Crippen molar-refractivity contribution in [2.45, 2.75) is 78.3 Å². The lowest BCUT2D eigenvalue weighted by Gasteiger charge is -2.41. The van der Waals surface area contributed by atoms with E-state index in [2.05, 4.69) is 63.5 Å². The number of nitrogens with zero attached hydrogens (tertiary/aromatic N) is 3. The second-order valence-electron chi connectivity index (χ2n) is 9.35. The molecule has 0 unspecified atom stereocenters. The normalized spacial score (nSPS) is 13.2. The first-order chi connectivity index (χ1) is 14.3. The van der Waals surface area contributed by atoms with E-state index in [1.165, 1.54) is 58.2 Å². The molecule has 0 N–H and O–H groups in total. The molecule has 5 nitrogen and oxygen atoms in total. The molecular formula is C24H55N3O2Si. The van der Waals surface area contributed by atoms with Crippen LogP contribution in [0.3, 0.4) is 0 Å². The summed E-state index contributed by atoms with van der Waals surface area (Å²) in [6.45, 7) is 15.9. The van der Waals surface area contributed by atoms with E-state index in [1.54, 1.807) is 0 Å². The zero-order chi connectivity index (χ0) is 23.0. The van der Waals surface area contributed by atoms with Gasteiger partial charge < -0.3 is 23.6 Å². The van der Waals surface area contributed by atoms with Crippen LogP contribution in [0, 0.1) is 5.41 Å². The summed E-state index contributed by atoms with van der Waals surface area (Å²) in [4.78, 5) is 7.33. The quantitative estimate of drug-likeness (QED) is 0.248. The van der Waals surface area contributed by atoms with Crippen molar-refractivity contribution in [2.24, 2.45) is 5.41 Å². The van der Waals surface area contributed by atoms with Gasteiger partial charge in [0, 0.05) is 14.2 Å². The first-order valence-corrected chi connectivity index (χ1v) is 14.6. The molecule has 0 aromatic rings. The Kier molecular flexibility index (Phi) is 16.6. The van der Waals surface area contributed by atoms with Crippen LogP contribution in [0.1, 0.15) is 66.2 Å². The van der Waals surface area contributed by atoms with Crippen molar-refractivity contribution in [3.8, 4) is 0 Å². The predicted octanol–water partition coefficient (Wildman–Crippen LogP) is 4.92. The maximum Gasteiger partial charge on any atom is 0.337 e. The highest BCUT2D eigenvalue weighted by Crippen LogP contribution is 2.44. The summed E-state index contributed by atoms with van der Waals surface area (Å²) in [5.41, 5.74) is 0.325. The SMILES string of the molecule is CCN(C)CCCC(CCCN(C)CC)(CCCN(C)CC)C[Si](CC)(OC)OC. The average Bonchev–Trinajstić information content (AvgIpc) is 2.77. The summed E-state index contributed by atoms with van der Waals surface area (Å²) in [6.07, 6.45) is 7.64. The molecular weight excluding hydrogens is 390 g/mol. The molecule has 0 spiro atoms. The van der Waals surface area contributed by atoms with E-state index in [-0.39, 0.29) is 0 Å². The van der Waals surface area contributed by atoms with Gasteiger partial charge in [0.25, 0.3) is 0 Å². The maximum absolute atomic E-state index is 6.12. The molecule has 0 aliphatic carbocycles. The van der Waals surface area contributed by atoms with E-state index in [1.807, 2.05) is 14.2 Å². The van der Waals surface area contributed by atoms with Crippen molar-refractivity contribution in [1.29, 1.82) is 0 Å². The van der Waals surface area contributed by atoms with Crippen LogP contribution in [0.2, 0.25) is 12.1 Å². The smallest absolute Gasteiger partial charge is 0.337 e. The van der Waals surface area contributed by atoms with Gasteiger partial charge in [-0.3, -0.25) is 0 Å². The van der Waals surface area contributed by atoms with Crippen LogP contribution in [-0.4, -0.2) is 97.9 Å². The monoisotopic (exact) mass is 445 g/mol. The van der Waals surface area contributed by atoms with Gasteiger partial charge in [-0.05, 0) is 116 Å². The van der Waals surface area contributed by atoms with Crippen LogP contribution in [0.4, 0.5) is 0 Å². The molecule has 0 heterocycles. The Bertz CT molecular complexity index is 359. The fourth-order valence-corrected chi connectivity index (χ4v) is 7.45. The topological polar surface area (TPSA) is 28.2 Å². The average molecular weight is 446 g/mol. The molecule has 0 atom stereocenters. The first-order valence-electron chi connectivity index (χ1n) is 12.4. The summed E-state index contributed by atoms with van der Waals surface area (Å²) in [7, 11) is 8.33. The van der Waals surface area contributed by atoms with Crippen LogP contribution in [0.25, 0.3) is 0 Å². The van der Waals surface area contributed by atoms with E-state index in [9.17, 15) is 0 Å². The molecule has 0 saturated heterocycles. The molecule has 0 aliphatic rings. The van der Waals surface area contributed by atoms with Crippen molar-refractivity contribution in [1.82, 2.24) is 14.7 Å². The van der Waals surface area contributed by atoms with Gasteiger partial charge in [-0.25, -0.2) is 0 Å².